The predicted octanol–water partition coefficient (Wildman–Crippen LogP) is 2.80. The molecule has 0 spiro atoms. The first kappa shape index (κ1) is 14.3. The van der Waals surface area contributed by atoms with E-state index in [2.05, 4.69) is 0 Å². The van der Waals surface area contributed by atoms with Crippen LogP contribution in [-0.4, -0.2) is 17.8 Å². The van der Waals surface area contributed by atoms with Crippen molar-refractivity contribution < 1.29 is 14.1 Å². The lowest BCUT2D eigenvalue weighted by molar-refractivity contribution is -0.484. The molecule has 18 heavy (non-hydrogen) atoms. The summed E-state index contributed by atoms with van der Waals surface area (Å²) in [5, 5.41) is 10.7. The molecule has 0 aliphatic rings. The molecule has 0 saturated carbocycles. The molecule has 0 aliphatic carbocycles. The van der Waals surface area contributed by atoms with Crippen molar-refractivity contribution in [1.82, 2.24) is 0 Å². The lowest BCUT2D eigenvalue weighted by Crippen LogP contribution is -2.23. The van der Waals surface area contributed by atoms with Gasteiger partial charge >= 0.3 is 0 Å². The molecule has 5 heteroatoms. The van der Waals surface area contributed by atoms with Crippen LogP contribution in [0.15, 0.2) is 24.3 Å². The summed E-state index contributed by atoms with van der Waals surface area (Å²) in [7, 11) is 0. The monoisotopic (exact) mass is 253 g/mol. The first-order valence-electron chi connectivity index (χ1n) is 5.91. The van der Waals surface area contributed by atoms with Crippen molar-refractivity contribution in [2.75, 3.05) is 6.54 Å². The number of aldehydes is 1. The standard InChI is InChI=1S/C13H16FNO3/c1-2-5-10(9-16)12(8-15(17)18)11-6-3-4-7-13(11)14/h3-4,6-7,9-10,12H,2,5,8H2,1H3/t10-,12-/m0/s1. The highest BCUT2D eigenvalue weighted by molar-refractivity contribution is 5.56. The van der Waals surface area contributed by atoms with Gasteiger partial charge in [-0.3, -0.25) is 10.1 Å². The number of hydrogen-bond donors (Lipinski definition) is 0. The zero-order chi connectivity index (χ0) is 13.5. The smallest absolute Gasteiger partial charge is 0.211 e. The molecule has 1 aromatic carbocycles. The van der Waals surface area contributed by atoms with E-state index in [0.29, 0.717) is 12.7 Å². The number of halogens is 1. The van der Waals surface area contributed by atoms with Crippen LogP contribution in [0.2, 0.25) is 0 Å². The molecule has 0 aromatic heterocycles. The zero-order valence-electron chi connectivity index (χ0n) is 10.2. The zero-order valence-corrected chi connectivity index (χ0v) is 10.2. The first-order valence-corrected chi connectivity index (χ1v) is 5.91. The van der Waals surface area contributed by atoms with E-state index >= 15 is 0 Å². The third-order valence-electron chi connectivity index (χ3n) is 2.96. The minimum atomic E-state index is -0.696. The molecule has 2 atom stereocenters. The van der Waals surface area contributed by atoms with Gasteiger partial charge in [0.05, 0.1) is 5.92 Å². The van der Waals surface area contributed by atoms with Crippen LogP contribution in [0.4, 0.5) is 4.39 Å². The molecule has 98 valence electrons. The van der Waals surface area contributed by atoms with Crippen molar-refractivity contribution >= 4 is 6.29 Å². The van der Waals surface area contributed by atoms with Gasteiger partial charge in [-0.1, -0.05) is 31.5 Å². The number of nitro groups is 1. The van der Waals surface area contributed by atoms with Crippen LogP contribution in [0.25, 0.3) is 0 Å². The van der Waals surface area contributed by atoms with E-state index < -0.39 is 29.1 Å². The second-order valence-electron chi connectivity index (χ2n) is 4.23. The molecule has 0 N–H and O–H groups in total. The topological polar surface area (TPSA) is 60.2 Å². The van der Waals surface area contributed by atoms with Gasteiger partial charge in [-0.15, -0.1) is 0 Å². The Bertz CT molecular complexity index is 422. The third-order valence-corrected chi connectivity index (χ3v) is 2.96. The molecule has 0 radical (unpaired) electrons. The fraction of sp³-hybridized carbons (Fsp3) is 0.462. The Morgan fingerprint density at radius 3 is 2.61 bits per heavy atom. The summed E-state index contributed by atoms with van der Waals surface area (Å²) in [6, 6.07) is 5.92. The van der Waals surface area contributed by atoms with Crippen molar-refractivity contribution in [1.29, 1.82) is 0 Å². The van der Waals surface area contributed by atoms with E-state index in [-0.39, 0.29) is 5.56 Å². The van der Waals surface area contributed by atoms with Crippen LogP contribution in [0.1, 0.15) is 31.2 Å². The lowest BCUT2D eigenvalue weighted by Gasteiger charge is -2.19. The van der Waals surface area contributed by atoms with Crippen LogP contribution >= 0.6 is 0 Å². The Morgan fingerprint density at radius 2 is 2.11 bits per heavy atom. The van der Waals surface area contributed by atoms with Crippen molar-refractivity contribution in [2.24, 2.45) is 5.92 Å². The summed E-state index contributed by atoms with van der Waals surface area (Å²) in [6.45, 7) is 1.46. The van der Waals surface area contributed by atoms with Crippen LogP contribution in [0, 0.1) is 21.8 Å². The molecule has 0 unspecified atom stereocenters. The Balaban J connectivity index is 3.07. The fourth-order valence-electron chi connectivity index (χ4n) is 2.10. The molecule has 0 saturated heterocycles. The second kappa shape index (κ2) is 6.83. The maximum atomic E-state index is 13.7. The summed E-state index contributed by atoms with van der Waals surface area (Å²) in [4.78, 5) is 21.2. The van der Waals surface area contributed by atoms with Gasteiger partial charge < -0.3 is 4.79 Å². The highest BCUT2D eigenvalue weighted by Gasteiger charge is 2.29. The highest BCUT2D eigenvalue weighted by Crippen LogP contribution is 2.29. The largest absolute Gasteiger partial charge is 0.303 e. The first-order chi connectivity index (χ1) is 8.60. The van der Waals surface area contributed by atoms with Crippen LogP contribution in [-0.2, 0) is 4.79 Å². The van der Waals surface area contributed by atoms with E-state index in [9.17, 15) is 19.3 Å². The number of hydrogen-bond acceptors (Lipinski definition) is 3. The number of carbonyl (C=O) groups is 1. The normalized spacial score (nSPS) is 13.9. The van der Waals surface area contributed by atoms with Gasteiger partial charge in [0, 0.05) is 10.8 Å². The minimum Gasteiger partial charge on any atom is -0.303 e. The maximum absolute atomic E-state index is 13.7. The van der Waals surface area contributed by atoms with Crippen LogP contribution < -0.4 is 0 Å². The van der Waals surface area contributed by atoms with E-state index in [1.54, 1.807) is 6.07 Å². The number of carbonyl (C=O) groups excluding carboxylic acids is 1. The Morgan fingerprint density at radius 1 is 1.44 bits per heavy atom. The van der Waals surface area contributed by atoms with Gasteiger partial charge in [0.25, 0.3) is 0 Å². The Kier molecular flexibility index (Phi) is 5.42. The predicted molar refractivity (Wildman–Crippen MR) is 65.5 cm³/mol. The second-order valence-corrected chi connectivity index (χ2v) is 4.23. The molecule has 4 nitrogen and oxygen atoms in total. The van der Waals surface area contributed by atoms with Gasteiger partial charge in [0.1, 0.15) is 12.1 Å². The number of rotatable bonds is 7. The average molecular weight is 253 g/mol. The molecule has 1 aromatic rings. The molecular formula is C13H16FNO3. The molecule has 1 rings (SSSR count). The van der Waals surface area contributed by atoms with E-state index in [0.717, 1.165) is 6.42 Å². The Labute approximate surface area is 105 Å². The third kappa shape index (κ3) is 3.61. The summed E-state index contributed by atoms with van der Waals surface area (Å²) in [5.74, 6) is -1.71. The molecule has 0 fully saturated rings. The van der Waals surface area contributed by atoms with Gasteiger partial charge in [0.2, 0.25) is 6.54 Å². The molecule has 0 bridgehead atoms. The molecular weight excluding hydrogens is 237 g/mol. The number of nitrogens with zero attached hydrogens (tertiary/aromatic N) is 1. The van der Waals surface area contributed by atoms with E-state index in [4.69, 9.17) is 0 Å². The summed E-state index contributed by atoms with van der Waals surface area (Å²) >= 11 is 0. The molecule has 0 aliphatic heterocycles. The van der Waals surface area contributed by atoms with Crippen LogP contribution in [0.3, 0.4) is 0 Å². The lowest BCUT2D eigenvalue weighted by atomic mass is 9.84. The van der Waals surface area contributed by atoms with E-state index in [1.807, 2.05) is 6.92 Å². The Hall–Kier alpha value is -1.78. The van der Waals surface area contributed by atoms with Crippen molar-refractivity contribution in [3.05, 3.63) is 45.8 Å². The van der Waals surface area contributed by atoms with Crippen LogP contribution in [0.5, 0.6) is 0 Å². The molecule has 0 amide bonds. The molecule has 0 heterocycles. The number of benzene rings is 1. The summed E-state index contributed by atoms with van der Waals surface area (Å²) in [6.07, 6.45) is 1.95. The highest BCUT2D eigenvalue weighted by atomic mass is 19.1. The van der Waals surface area contributed by atoms with Crippen molar-refractivity contribution in [3.8, 4) is 0 Å². The fourth-order valence-corrected chi connectivity index (χ4v) is 2.10. The summed E-state index contributed by atoms with van der Waals surface area (Å²) < 4.78 is 13.7. The van der Waals surface area contributed by atoms with Crippen molar-refractivity contribution in [3.63, 3.8) is 0 Å². The van der Waals surface area contributed by atoms with Gasteiger partial charge in [-0.25, -0.2) is 4.39 Å². The van der Waals surface area contributed by atoms with Gasteiger partial charge in [0.15, 0.2) is 0 Å². The van der Waals surface area contributed by atoms with Gasteiger partial charge in [-0.2, -0.15) is 0 Å². The maximum Gasteiger partial charge on any atom is 0.211 e. The summed E-state index contributed by atoms with van der Waals surface area (Å²) in [5.41, 5.74) is 0.250. The minimum absolute atomic E-state index is 0.250. The van der Waals surface area contributed by atoms with Crippen molar-refractivity contribution in [2.45, 2.75) is 25.7 Å². The quantitative estimate of drug-likeness (QED) is 0.426. The van der Waals surface area contributed by atoms with E-state index in [1.165, 1.54) is 18.2 Å². The average Bonchev–Trinajstić information content (AvgIpc) is 2.34. The SMILES string of the molecule is CCC[C@@H](C=O)[C@H](C[N+](=O)[O-])c1ccccc1F. The van der Waals surface area contributed by atoms with Gasteiger partial charge in [-0.05, 0) is 18.1 Å².